The Balaban J connectivity index is 0.856. The quantitative estimate of drug-likeness (QED) is 0.116. The number of amides is 4. The number of aromatic amines is 1. The highest BCUT2D eigenvalue weighted by Crippen LogP contribution is 2.33. The first kappa shape index (κ1) is 42.0. The van der Waals surface area contributed by atoms with Crippen LogP contribution in [0.5, 0.6) is 0 Å². The topological polar surface area (TPSA) is 217 Å². The zero-order valence-electron chi connectivity index (χ0n) is 33.8. The van der Waals surface area contributed by atoms with Gasteiger partial charge < -0.3 is 35.7 Å². The van der Waals surface area contributed by atoms with Crippen LogP contribution in [-0.4, -0.2) is 127 Å². The maximum absolute atomic E-state index is 13.9. The molecule has 5 heterocycles. The summed E-state index contributed by atoms with van der Waals surface area (Å²) >= 11 is 6.71. The Hall–Kier alpha value is -5.75. The lowest BCUT2D eigenvalue weighted by Gasteiger charge is -2.39. The van der Waals surface area contributed by atoms with Gasteiger partial charge in [-0.3, -0.25) is 38.4 Å². The molecule has 1 aliphatic carbocycles. The minimum Gasteiger partial charge on any atom is -0.388 e. The minimum atomic E-state index is -1.31. The molecule has 2 saturated heterocycles. The molecule has 2 fully saturated rings. The molecule has 4 amide bonds. The van der Waals surface area contributed by atoms with Gasteiger partial charge in [-0.2, -0.15) is 0 Å². The van der Waals surface area contributed by atoms with Crippen molar-refractivity contribution in [2.24, 2.45) is 0 Å². The van der Waals surface area contributed by atoms with Crippen LogP contribution in [0.1, 0.15) is 59.4 Å². The number of halogens is 1. The van der Waals surface area contributed by atoms with E-state index in [-0.39, 0.29) is 62.8 Å². The van der Waals surface area contributed by atoms with Gasteiger partial charge in [-0.15, -0.1) is 0 Å². The number of piperidine rings is 1. The standard InChI is InChI=1S/C43H49ClN10O7/c44-39-30-3-1-2-4-33(30)50-35-19-27(5-7-31(35)39)40(57)46-23-38(56)51-36(21-29-22-45-25-47-29)42(59)53-13-10-43(60,11-14-53)24-54-26-48-34-20-28(6-8-32(34)41(54)58)49-37(55)9-12-52-15-17-61-18-16-52/h5-8,19-20,22,25-26,36,60H,1-4,9-18,21,23-24H2,(H,45,47)(H,46,57)(H,49,55)(H,51,56)/t36-/m0/s1. The molecule has 0 radical (unpaired) electrons. The van der Waals surface area contributed by atoms with Crippen LogP contribution in [0.4, 0.5) is 5.69 Å². The number of H-pyrrole nitrogens is 1. The van der Waals surface area contributed by atoms with E-state index in [1.54, 1.807) is 47.5 Å². The number of rotatable bonds is 13. The van der Waals surface area contributed by atoms with Crippen molar-refractivity contribution in [2.45, 2.75) is 69.6 Å². The number of anilines is 1. The summed E-state index contributed by atoms with van der Waals surface area (Å²) in [6.07, 6.45) is 9.11. The van der Waals surface area contributed by atoms with Crippen molar-refractivity contribution in [1.82, 2.24) is 44.9 Å². The summed E-state index contributed by atoms with van der Waals surface area (Å²) in [6, 6.07) is 9.04. The van der Waals surface area contributed by atoms with E-state index in [9.17, 15) is 29.1 Å². The molecule has 2 aliphatic heterocycles. The van der Waals surface area contributed by atoms with E-state index in [2.05, 4.69) is 35.8 Å². The number of morpholine rings is 1. The van der Waals surface area contributed by atoms with Crippen LogP contribution in [0.25, 0.3) is 21.8 Å². The number of fused-ring (bicyclic) bond motifs is 3. The maximum atomic E-state index is 13.9. The van der Waals surface area contributed by atoms with Crippen LogP contribution < -0.4 is 21.5 Å². The smallest absolute Gasteiger partial charge is 0.261 e. The summed E-state index contributed by atoms with van der Waals surface area (Å²) in [5, 5.41) is 21.7. The number of pyridine rings is 1. The number of carbonyl (C=O) groups excluding carboxylic acids is 4. The normalized spacial score (nSPS) is 17.1. The zero-order valence-corrected chi connectivity index (χ0v) is 34.5. The van der Waals surface area contributed by atoms with E-state index >= 15 is 0 Å². The molecule has 5 aromatic rings. The second-order valence-corrected chi connectivity index (χ2v) is 16.4. The van der Waals surface area contributed by atoms with E-state index in [0.717, 1.165) is 55.4 Å². The SMILES string of the molecule is O=C(CCN1CCOCC1)Nc1ccc2c(=O)n(CC3(O)CCN(C(=O)[C@H](Cc4c[nH]cn4)NC(=O)CNC(=O)c4ccc5c(Cl)c6c(nc5c4)CCCC6)CC3)cnc2c1. The van der Waals surface area contributed by atoms with Gasteiger partial charge in [-0.1, -0.05) is 17.7 Å². The minimum absolute atomic E-state index is 0.0352. The van der Waals surface area contributed by atoms with Gasteiger partial charge in [-0.25, -0.2) is 9.97 Å². The number of carbonyl (C=O) groups is 4. The second kappa shape index (κ2) is 18.5. The van der Waals surface area contributed by atoms with Crippen LogP contribution in [-0.2, 0) is 44.9 Å². The first-order valence-corrected chi connectivity index (χ1v) is 21.2. The molecule has 17 nitrogen and oxygen atoms in total. The van der Waals surface area contributed by atoms with Gasteiger partial charge in [0.05, 0.1) is 71.7 Å². The van der Waals surface area contributed by atoms with Crippen molar-refractivity contribution in [1.29, 1.82) is 0 Å². The first-order chi connectivity index (χ1) is 29.5. The number of ether oxygens (including phenoxy) is 1. The number of nitrogens with one attached hydrogen (secondary N) is 4. The van der Waals surface area contributed by atoms with Crippen molar-refractivity contribution in [3.8, 4) is 0 Å². The Morgan fingerprint density at radius 1 is 0.951 bits per heavy atom. The van der Waals surface area contributed by atoms with E-state index in [1.807, 2.05) is 0 Å². The molecule has 0 bridgehead atoms. The third kappa shape index (κ3) is 9.91. The van der Waals surface area contributed by atoms with Crippen LogP contribution in [0, 0.1) is 0 Å². The van der Waals surface area contributed by atoms with E-state index < -0.39 is 23.5 Å². The average Bonchev–Trinajstić information content (AvgIpc) is 3.79. The maximum Gasteiger partial charge on any atom is 0.261 e. The van der Waals surface area contributed by atoms with Crippen LogP contribution in [0.15, 0.2) is 60.0 Å². The fourth-order valence-corrected chi connectivity index (χ4v) is 8.69. The van der Waals surface area contributed by atoms with E-state index in [0.29, 0.717) is 64.6 Å². The number of aliphatic hydroxyl groups is 1. The lowest BCUT2D eigenvalue weighted by Crippen LogP contribution is -2.56. The van der Waals surface area contributed by atoms with Crippen molar-refractivity contribution in [3.05, 3.63) is 93.1 Å². The van der Waals surface area contributed by atoms with Gasteiger partial charge in [0.25, 0.3) is 11.5 Å². The van der Waals surface area contributed by atoms with Gasteiger partial charge >= 0.3 is 0 Å². The number of imidazole rings is 1. The molecule has 0 saturated carbocycles. The molecule has 5 N–H and O–H groups in total. The van der Waals surface area contributed by atoms with Crippen molar-refractivity contribution < 1.29 is 29.0 Å². The zero-order chi connectivity index (χ0) is 42.5. The molecule has 8 rings (SSSR count). The Bertz CT molecular complexity index is 2500. The summed E-state index contributed by atoms with van der Waals surface area (Å²) < 4.78 is 6.73. The fourth-order valence-electron chi connectivity index (χ4n) is 8.32. The lowest BCUT2D eigenvalue weighted by atomic mass is 9.90. The summed E-state index contributed by atoms with van der Waals surface area (Å²) in [5.41, 5.74) is 2.84. The van der Waals surface area contributed by atoms with E-state index in [4.69, 9.17) is 21.3 Å². The predicted molar refractivity (Wildman–Crippen MR) is 227 cm³/mol. The van der Waals surface area contributed by atoms with Crippen LogP contribution >= 0.6 is 11.6 Å². The Kier molecular flexibility index (Phi) is 12.7. The van der Waals surface area contributed by atoms with Gasteiger partial charge in [-0.05, 0) is 74.4 Å². The summed E-state index contributed by atoms with van der Waals surface area (Å²) in [6.45, 7) is 3.49. The van der Waals surface area contributed by atoms with E-state index in [1.165, 1.54) is 17.2 Å². The third-order valence-electron chi connectivity index (χ3n) is 11.8. The highest BCUT2D eigenvalue weighted by Gasteiger charge is 2.37. The molecule has 18 heteroatoms. The van der Waals surface area contributed by atoms with Crippen molar-refractivity contribution in [3.63, 3.8) is 0 Å². The Morgan fingerprint density at radius 3 is 2.52 bits per heavy atom. The van der Waals surface area contributed by atoms with Gasteiger partial charge in [0.2, 0.25) is 17.7 Å². The molecule has 3 aromatic heterocycles. The second-order valence-electron chi connectivity index (χ2n) is 16.1. The molecule has 1 atom stereocenters. The number of benzene rings is 2. The largest absolute Gasteiger partial charge is 0.388 e. The number of hydrogen-bond donors (Lipinski definition) is 5. The first-order valence-electron chi connectivity index (χ1n) is 20.8. The molecule has 0 unspecified atom stereocenters. The van der Waals surface area contributed by atoms with Gasteiger partial charge in [0.1, 0.15) is 6.04 Å². The van der Waals surface area contributed by atoms with Gasteiger partial charge in [0, 0.05) is 74.1 Å². The third-order valence-corrected chi connectivity index (χ3v) is 12.2. The lowest BCUT2D eigenvalue weighted by molar-refractivity contribution is -0.140. The number of nitrogens with zero attached hydrogens (tertiary/aromatic N) is 6. The Labute approximate surface area is 356 Å². The van der Waals surface area contributed by atoms with Crippen molar-refractivity contribution >= 4 is 62.7 Å². The molecule has 320 valence electrons. The fraction of sp³-hybridized carbons (Fsp3) is 0.442. The summed E-state index contributed by atoms with van der Waals surface area (Å²) in [5.74, 6) is -1.53. The molecule has 3 aliphatic rings. The highest BCUT2D eigenvalue weighted by atomic mass is 35.5. The average molecular weight is 853 g/mol. The summed E-state index contributed by atoms with van der Waals surface area (Å²) in [4.78, 5) is 86.6. The molecular weight excluding hydrogens is 804 g/mol. The highest BCUT2D eigenvalue weighted by molar-refractivity contribution is 6.36. The predicted octanol–water partition coefficient (Wildman–Crippen LogP) is 2.37. The molecular formula is C43H49ClN10O7. The number of likely N-dealkylation sites (tertiary alicyclic amines) is 1. The number of aromatic nitrogens is 5. The summed E-state index contributed by atoms with van der Waals surface area (Å²) in [7, 11) is 0. The monoisotopic (exact) mass is 852 g/mol. The number of aryl methyl sites for hydroxylation is 1. The molecule has 61 heavy (non-hydrogen) atoms. The molecule has 2 aromatic carbocycles. The van der Waals surface area contributed by atoms with Gasteiger partial charge in [0.15, 0.2) is 0 Å². The Morgan fingerprint density at radius 2 is 1.74 bits per heavy atom. The molecule has 0 spiro atoms. The van der Waals surface area contributed by atoms with Crippen molar-refractivity contribution in [2.75, 3.05) is 57.8 Å². The van der Waals surface area contributed by atoms with Crippen LogP contribution in [0.2, 0.25) is 5.02 Å². The number of hydrogen-bond acceptors (Lipinski definition) is 11. The van der Waals surface area contributed by atoms with Crippen LogP contribution in [0.3, 0.4) is 0 Å².